The fourth-order valence-electron chi connectivity index (χ4n) is 4.90. The lowest BCUT2D eigenvalue weighted by Crippen LogP contribution is -2.29. The molecule has 1 saturated heterocycles. The van der Waals surface area contributed by atoms with Crippen molar-refractivity contribution in [1.82, 2.24) is 0 Å². The van der Waals surface area contributed by atoms with Crippen molar-refractivity contribution in [3.05, 3.63) is 82.9 Å². The van der Waals surface area contributed by atoms with Gasteiger partial charge in [0, 0.05) is 23.7 Å². The quantitative estimate of drug-likeness (QED) is 0.339. The highest BCUT2D eigenvalue weighted by molar-refractivity contribution is 6.51. The number of aliphatic hydroxyl groups excluding tert-OH is 1. The Hall–Kier alpha value is -4.46. The number of Topliss-reactive ketones (excluding diaryl/α,β-unsaturated/α-hetero) is 1. The molecule has 182 valence electrons. The second kappa shape index (κ2) is 8.64. The molecule has 3 aliphatic rings. The van der Waals surface area contributed by atoms with Gasteiger partial charge in [-0.1, -0.05) is 12.1 Å². The van der Waals surface area contributed by atoms with Gasteiger partial charge < -0.3 is 24.1 Å². The molecule has 3 heterocycles. The third kappa shape index (κ3) is 3.53. The molecule has 0 spiro atoms. The summed E-state index contributed by atoms with van der Waals surface area (Å²) < 4.78 is 22.3. The molecule has 3 aromatic rings. The largest absolute Gasteiger partial charge is 0.507 e. The zero-order chi connectivity index (χ0) is 24.8. The number of nitrogens with zero attached hydrogens (tertiary/aromatic N) is 1. The molecule has 0 aliphatic carbocycles. The van der Waals surface area contributed by atoms with Crippen molar-refractivity contribution in [3.63, 3.8) is 0 Å². The first-order valence-electron chi connectivity index (χ1n) is 11.7. The van der Waals surface area contributed by atoms with Gasteiger partial charge in [-0.05, 0) is 53.6 Å². The zero-order valence-corrected chi connectivity index (χ0v) is 19.5. The van der Waals surface area contributed by atoms with E-state index >= 15 is 0 Å². The molecule has 0 saturated carbocycles. The van der Waals surface area contributed by atoms with Gasteiger partial charge >= 0.3 is 0 Å². The van der Waals surface area contributed by atoms with E-state index in [4.69, 9.17) is 18.9 Å². The van der Waals surface area contributed by atoms with E-state index in [-0.39, 0.29) is 11.3 Å². The summed E-state index contributed by atoms with van der Waals surface area (Å²) in [6.45, 7) is 1.39. The van der Waals surface area contributed by atoms with E-state index < -0.39 is 17.7 Å². The lowest BCUT2D eigenvalue weighted by atomic mass is 9.94. The minimum Gasteiger partial charge on any atom is -0.507 e. The fraction of sp³-hybridized carbons (Fsp3) is 0.214. The number of carbonyl (C=O) groups excluding carboxylic acids is 2. The van der Waals surface area contributed by atoms with Crippen LogP contribution in [0.4, 0.5) is 5.69 Å². The Morgan fingerprint density at radius 3 is 2.53 bits per heavy atom. The van der Waals surface area contributed by atoms with Gasteiger partial charge in [0.1, 0.15) is 30.5 Å². The summed E-state index contributed by atoms with van der Waals surface area (Å²) in [6.07, 6.45) is 0.710. The smallest absolute Gasteiger partial charge is 0.300 e. The Balaban J connectivity index is 1.53. The number of hydrogen-bond donors (Lipinski definition) is 1. The molecule has 1 amide bonds. The first kappa shape index (κ1) is 22.0. The lowest BCUT2D eigenvalue weighted by molar-refractivity contribution is -0.132. The predicted octanol–water partition coefficient (Wildman–Crippen LogP) is 4.03. The Labute approximate surface area is 207 Å². The number of rotatable bonds is 4. The van der Waals surface area contributed by atoms with Crippen LogP contribution in [-0.4, -0.2) is 43.7 Å². The van der Waals surface area contributed by atoms with Crippen LogP contribution in [0.15, 0.2) is 66.2 Å². The Morgan fingerprint density at radius 1 is 0.917 bits per heavy atom. The number of carbonyl (C=O) groups is 2. The van der Waals surface area contributed by atoms with Crippen LogP contribution in [0.3, 0.4) is 0 Å². The van der Waals surface area contributed by atoms with E-state index in [1.807, 2.05) is 0 Å². The number of hydrogen-bond acceptors (Lipinski definition) is 7. The monoisotopic (exact) mass is 485 g/mol. The van der Waals surface area contributed by atoms with Crippen LogP contribution in [0.5, 0.6) is 23.0 Å². The van der Waals surface area contributed by atoms with Gasteiger partial charge in [0.25, 0.3) is 11.7 Å². The lowest BCUT2D eigenvalue weighted by Gasteiger charge is -2.27. The van der Waals surface area contributed by atoms with Crippen LogP contribution < -0.4 is 23.8 Å². The maximum absolute atomic E-state index is 13.5. The van der Waals surface area contributed by atoms with Crippen molar-refractivity contribution < 1.29 is 33.6 Å². The summed E-state index contributed by atoms with van der Waals surface area (Å²) >= 11 is 0. The summed E-state index contributed by atoms with van der Waals surface area (Å²) in [5.74, 6) is 0.625. The van der Waals surface area contributed by atoms with Crippen molar-refractivity contribution in [2.75, 3.05) is 31.8 Å². The third-order valence-corrected chi connectivity index (χ3v) is 6.62. The van der Waals surface area contributed by atoms with Crippen molar-refractivity contribution in [3.8, 4) is 23.0 Å². The standard InChI is InChI=1S/C28H23NO7/c1-33-20-4-2-3-17(14-20)25-24(26(30)18-5-7-21-16(13-18)9-10-34-21)27(31)28(32)29(25)19-6-8-22-23(15-19)36-12-11-35-22/h2-8,13-15,25,30H,9-12H2,1H3/b26-24+. The van der Waals surface area contributed by atoms with E-state index in [1.54, 1.807) is 67.8 Å². The average Bonchev–Trinajstić information content (AvgIpc) is 3.49. The molecule has 1 unspecified atom stereocenters. The van der Waals surface area contributed by atoms with Gasteiger partial charge in [0.05, 0.1) is 25.3 Å². The normalized spacial score (nSPS) is 19.7. The van der Waals surface area contributed by atoms with Crippen molar-refractivity contribution in [2.24, 2.45) is 0 Å². The van der Waals surface area contributed by atoms with Crippen LogP contribution in [0.1, 0.15) is 22.7 Å². The number of benzene rings is 3. The van der Waals surface area contributed by atoms with Crippen LogP contribution in [0, 0.1) is 0 Å². The highest BCUT2D eigenvalue weighted by atomic mass is 16.6. The maximum atomic E-state index is 13.5. The Morgan fingerprint density at radius 2 is 1.69 bits per heavy atom. The Kier molecular flexibility index (Phi) is 5.29. The highest BCUT2D eigenvalue weighted by Gasteiger charge is 2.47. The first-order chi connectivity index (χ1) is 17.5. The van der Waals surface area contributed by atoms with E-state index in [0.717, 1.165) is 11.3 Å². The number of aliphatic hydroxyl groups is 1. The predicted molar refractivity (Wildman–Crippen MR) is 131 cm³/mol. The minimum absolute atomic E-state index is 0.00186. The van der Waals surface area contributed by atoms with E-state index in [9.17, 15) is 14.7 Å². The molecule has 3 aliphatic heterocycles. The van der Waals surface area contributed by atoms with Gasteiger partial charge in [-0.2, -0.15) is 0 Å². The van der Waals surface area contributed by atoms with Gasteiger partial charge in [-0.25, -0.2) is 0 Å². The molecule has 0 bridgehead atoms. The van der Waals surface area contributed by atoms with Crippen LogP contribution >= 0.6 is 0 Å². The summed E-state index contributed by atoms with van der Waals surface area (Å²) in [4.78, 5) is 28.3. The van der Waals surface area contributed by atoms with Gasteiger partial charge in [0.2, 0.25) is 0 Å². The maximum Gasteiger partial charge on any atom is 0.300 e. The Bertz CT molecular complexity index is 1430. The molecular formula is C28H23NO7. The van der Waals surface area contributed by atoms with Gasteiger partial charge in [-0.3, -0.25) is 14.5 Å². The third-order valence-electron chi connectivity index (χ3n) is 6.62. The zero-order valence-electron chi connectivity index (χ0n) is 19.5. The van der Waals surface area contributed by atoms with E-state index in [1.165, 1.54) is 4.90 Å². The second-order valence-corrected chi connectivity index (χ2v) is 8.69. The van der Waals surface area contributed by atoms with Crippen molar-refractivity contribution >= 4 is 23.1 Å². The molecule has 6 rings (SSSR count). The topological polar surface area (TPSA) is 94.5 Å². The van der Waals surface area contributed by atoms with E-state index in [2.05, 4.69) is 0 Å². The number of ether oxygens (including phenoxy) is 4. The molecule has 8 heteroatoms. The van der Waals surface area contributed by atoms with Crippen molar-refractivity contribution in [1.29, 1.82) is 0 Å². The number of amides is 1. The highest BCUT2D eigenvalue weighted by Crippen LogP contribution is 2.45. The number of ketones is 1. The molecule has 36 heavy (non-hydrogen) atoms. The summed E-state index contributed by atoms with van der Waals surface area (Å²) in [5, 5.41) is 11.4. The van der Waals surface area contributed by atoms with Crippen LogP contribution in [0.2, 0.25) is 0 Å². The molecule has 0 radical (unpaired) electrons. The minimum atomic E-state index is -0.882. The number of methoxy groups -OCH3 is 1. The molecule has 0 aromatic heterocycles. The fourth-order valence-corrected chi connectivity index (χ4v) is 4.90. The SMILES string of the molecule is COc1cccc(C2/C(=C(\O)c3ccc4c(c3)CCO4)C(=O)C(=O)N2c2ccc3c(c2)OCCO3)c1. The molecule has 1 N–H and O–H groups in total. The summed E-state index contributed by atoms with van der Waals surface area (Å²) in [5.41, 5.74) is 2.47. The molecule has 3 aromatic carbocycles. The summed E-state index contributed by atoms with van der Waals surface area (Å²) in [6, 6.07) is 16.6. The van der Waals surface area contributed by atoms with E-state index in [0.29, 0.717) is 60.3 Å². The number of fused-ring (bicyclic) bond motifs is 2. The summed E-state index contributed by atoms with van der Waals surface area (Å²) in [7, 11) is 1.55. The van der Waals surface area contributed by atoms with Crippen LogP contribution in [-0.2, 0) is 16.0 Å². The molecule has 8 nitrogen and oxygen atoms in total. The molecule has 1 atom stereocenters. The second-order valence-electron chi connectivity index (χ2n) is 8.69. The molecule has 1 fully saturated rings. The first-order valence-corrected chi connectivity index (χ1v) is 11.7. The van der Waals surface area contributed by atoms with Gasteiger partial charge in [0.15, 0.2) is 11.5 Å². The number of anilines is 1. The van der Waals surface area contributed by atoms with Gasteiger partial charge in [-0.15, -0.1) is 0 Å². The van der Waals surface area contributed by atoms with Crippen molar-refractivity contribution in [2.45, 2.75) is 12.5 Å². The van der Waals surface area contributed by atoms with Crippen LogP contribution in [0.25, 0.3) is 5.76 Å². The average molecular weight is 485 g/mol. The molecular weight excluding hydrogens is 462 g/mol.